The van der Waals surface area contributed by atoms with Gasteiger partial charge >= 0.3 is 0 Å². The lowest BCUT2D eigenvalue weighted by molar-refractivity contribution is -0.113. The van der Waals surface area contributed by atoms with Crippen molar-refractivity contribution in [3.8, 4) is 5.75 Å². The summed E-state index contributed by atoms with van der Waals surface area (Å²) in [6.07, 6.45) is 0. The monoisotopic (exact) mass is 465 g/mol. The van der Waals surface area contributed by atoms with E-state index in [2.05, 4.69) is 20.6 Å². The Labute approximate surface area is 184 Å². The highest BCUT2D eigenvalue weighted by Gasteiger charge is 2.16. The van der Waals surface area contributed by atoms with E-state index >= 15 is 0 Å². The molecule has 0 saturated carbocycles. The number of nitrogen functional groups attached to an aromatic ring is 1. The standard InChI is InChI=1S/C18H16ClN5O4S2/c1-28-11-5-4-9(19)7-10(11)21-13(25)8-30-18-23-15(20)14(17(27)24-18)22-16(26)12-3-2-6-29-12/h2-7H,8H2,1H3,(H,21,25)(H,22,26)(H3,20,23,24,27). The Morgan fingerprint density at radius 1 is 1.33 bits per heavy atom. The highest BCUT2D eigenvalue weighted by molar-refractivity contribution is 7.99. The summed E-state index contributed by atoms with van der Waals surface area (Å²) in [6, 6.07) is 8.17. The molecule has 156 valence electrons. The zero-order valence-electron chi connectivity index (χ0n) is 15.5. The fourth-order valence-corrected chi connectivity index (χ4v) is 3.80. The Balaban J connectivity index is 1.65. The fraction of sp³-hybridized carbons (Fsp3) is 0.111. The SMILES string of the molecule is COc1ccc(Cl)cc1NC(=O)CSc1nc(N)c(NC(=O)c2cccs2)c(=O)[nH]1. The lowest BCUT2D eigenvalue weighted by Crippen LogP contribution is -2.23. The molecule has 1 aromatic carbocycles. The molecule has 3 aromatic rings. The summed E-state index contributed by atoms with van der Waals surface area (Å²) in [5.41, 5.74) is 5.47. The van der Waals surface area contributed by atoms with Crippen molar-refractivity contribution in [2.24, 2.45) is 0 Å². The van der Waals surface area contributed by atoms with Crippen LogP contribution >= 0.6 is 34.7 Å². The van der Waals surface area contributed by atoms with E-state index in [-0.39, 0.29) is 28.3 Å². The predicted octanol–water partition coefficient (Wildman–Crippen LogP) is 3.06. The largest absolute Gasteiger partial charge is 0.495 e. The van der Waals surface area contributed by atoms with Gasteiger partial charge in [-0.05, 0) is 29.6 Å². The van der Waals surface area contributed by atoms with Crippen molar-refractivity contribution < 1.29 is 14.3 Å². The number of nitrogens with zero attached hydrogens (tertiary/aromatic N) is 1. The number of hydrogen-bond acceptors (Lipinski definition) is 8. The lowest BCUT2D eigenvalue weighted by atomic mass is 10.3. The Kier molecular flexibility index (Phi) is 6.98. The van der Waals surface area contributed by atoms with Crippen LogP contribution in [0.25, 0.3) is 0 Å². The van der Waals surface area contributed by atoms with E-state index in [1.165, 1.54) is 18.4 Å². The number of rotatable bonds is 7. The van der Waals surface area contributed by atoms with Crippen molar-refractivity contribution in [2.45, 2.75) is 5.16 Å². The normalized spacial score (nSPS) is 10.5. The van der Waals surface area contributed by atoms with Gasteiger partial charge in [0.15, 0.2) is 16.7 Å². The number of halogens is 1. The lowest BCUT2D eigenvalue weighted by Gasteiger charge is -2.11. The number of nitrogens with one attached hydrogen (secondary N) is 3. The van der Waals surface area contributed by atoms with Gasteiger partial charge in [0.05, 0.1) is 23.4 Å². The number of aromatic nitrogens is 2. The number of anilines is 3. The number of thiophene rings is 1. The first-order valence-electron chi connectivity index (χ1n) is 8.38. The second kappa shape index (κ2) is 9.65. The van der Waals surface area contributed by atoms with E-state index in [1.807, 2.05) is 0 Å². The molecular formula is C18H16ClN5O4S2. The van der Waals surface area contributed by atoms with Crippen LogP contribution in [-0.4, -0.2) is 34.6 Å². The minimum Gasteiger partial charge on any atom is -0.495 e. The molecule has 0 aliphatic rings. The maximum atomic E-state index is 12.3. The molecule has 2 amide bonds. The zero-order valence-corrected chi connectivity index (χ0v) is 17.9. The maximum absolute atomic E-state index is 12.3. The summed E-state index contributed by atoms with van der Waals surface area (Å²) in [5.74, 6) is -0.572. The number of methoxy groups -OCH3 is 1. The highest BCUT2D eigenvalue weighted by atomic mass is 35.5. The molecule has 0 atom stereocenters. The second-order valence-corrected chi connectivity index (χ2v) is 8.09. The van der Waals surface area contributed by atoms with E-state index in [4.69, 9.17) is 22.1 Å². The van der Waals surface area contributed by atoms with Gasteiger partial charge in [0, 0.05) is 5.02 Å². The third kappa shape index (κ3) is 5.32. The molecule has 2 heterocycles. The van der Waals surface area contributed by atoms with Crippen LogP contribution in [0.4, 0.5) is 17.2 Å². The van der Waals surface area contributed by atoms with E-state index in [0.29, 0.717) is 21.3 Å². The van der Waals surface area contributed by atoms with Gasteiger partial charge in [-0.25, -0.2) is 4.98 Å². The van der Waals surface area contributed by atoms with Crippen molar-refractivity contribution in [3.05, 3.63) is 56.0 Å². The molecule has 0 unspecified atom stereocenters. The number of aromatic amines is 1. The van der Waals surface area contributed by atoms with Gasteiger partial charge in [0.1, 0.15) is 5.75 Å². The number of carbonyl (C=O) groups excluding carboxylic acids is 2. The molecule has 0 radical (unpaired) electrons. The van der Waals surface area contributed by atoms with Crippen LogP contribution in [-0.2, 0) is 4.79 Å². The minimum atomic E-state index is -0.619. The van der Waals surface area contributed by atoms with Gasteiger partial charge in [0.25, 0.3) is 11.5 Å². The molecule has 3 rings (SSSR count). The average molecular weight is 466 g/mol. The van der Waals surface area contributed by atoms with Gasteiger partial charge in [-0.2, -0.15) is 0 Å². The maximum Gasteiger partial charge on any atom is 0.277 e. The van der Waals surface area contributed by atoms with Crippen molar-refractivity contribution in [3.63, 3.8) is 0 Å². The van der Waals surface area contributed by atoms with E-state index in [0.717, 1.165) is 11.8 Å². The average Bonchev–Trinajstić information content (AvgIpc) is 3.24. The van der Waals surface area contributed by atoms with Crippen molar-refractivity contribution in [1.29, 1.82) is 0 Å². The third-order valence-electron chi connectivity index (χ3n) is 3.68. The number of ether oxygens (including phenoxy) is 1. The molecule has 0 aliphatic heterocycles. The number of benzene rings is 1. The molecule has 12 heteroatoms. The summed E-state index contributed by atoms with van der Waals surface area (Å²) in [6.45, 7) is 0. The third-order valence-corrected chi connectivity index (χ3v) is 5.66. The minimum absolute atomic E-state index is 0.0566. The van der Waals surface area contributed by atoms with Gasteiger partial charge in [-0.3, -0.25) is 19.4 Å². The van der Waals surface area contributed by atoms with E-state index in [1.54, 1.807) is 35.7 Å². The second-order valence-electron chi connectivity index (χ2n) is 5.74. The first-order chi connectivity index (χ1) is 14.4. The Bertz CT molecular complexity index is 1130. The molecule has 0 aliphatic carbocycles. The number of H-pyrrole nitrogens is 1. The first kappa shape index (κ1) is 21.7. The zero-order chi connectivity index (χ0) is 21.7. The summed E-state index contributed by atoms with van der Waals surface area (Å²) >= 11 is 8.15. The number of hydrogen-bond donors (Lipinski definition) is 4. The van der Waals surface area contributed by atoms with Gasteiger partial charge < -0.3 is 21.1 Å². The summed E-state index contributed by atoms with van der Waals surface area (Å²) < 4.78 is 5.18. The molecule has 2 aromatic heterocycles. The molecule has 0 saturated heterocycles. The predicted molar refractivity (Wildman–Crippen MR) is 119 cm³/mol. The van der Waals surface area contributed by atoms with Gasteiger partial charge in [-0.15, -0.1) is 11.3 Å². The van der Waals surface area contributed by atoms with E-state index < -0.39 is 11.5 Å². The van der Waals surface area contributed by atoms with Crippen LogP contribution < -0.4 is 26.7 Å². The van der Waals surface area contributed by atoms with Crippen LogP contribution in [0.5, 0.6) is 5.75 Å². The molecule has 5 N–H and O–H groups in total. The number of nitrogens with two attached hydrogens (primary N) is 1. The Hall–Kier alpha value is -3.02. The van der Waals surface area contributed by atoms with Crippen LogP contribution in [0.15, 0.2) is 45.7 Å². The van der Waals surface area contributed by atoms with Crippen LogP contribution in [0, 0.1) is 0 Å². The highest BCUT2D eigenvalue weighted by Crippen LogP contribution is 2.28. The quantitative estimate of drug-likeness (QED) is 0.310. The smallest absolute Gasteiger partial charge is 0.277 e. The summed E-state index contributed by atoms with van der Waals surface area (Å²) in [4.78, 5) is 43.6. The Morgan fingerprint density at radius 2 is 2.13 bits per heavy atom. The molecule has 9 nitrogen and oxygen atoms in total. The first-order valence-corrected chi connectivity index (χ1v) is 10.6. The van der Waals surface area contributed by atoms with Crippen LogP contribution in [0.2, 0.25) is 5.02 Å². The van der Waals surface area contributed by atoms with Crippen LogP contribution in [0.1, 0.15) is 9.67 Å². The summed E-state index contributed by atoms with van der Waals surface area (Å²) in [5, 5.41) is 7.45. The van der Waals surface area contributed by atoms with E-state index in [9.17, 15) is 14.4 Å². The van der Waals surface area contributed by atoms with Gasteiger partial charge in [-0.1, -0.05) is 29.4 Å². The number of carbonyl (C=O) groups is 2. The molecule has 0 bridgehead atoms. The van der Waals surface area contributed by atoms with Crippen molar-refractivity contribution >= 4 is 63.7 Å². The number of amides is 2. The summed E-state index contributed by atoms with van der Waals surface area (Å²) in [7, 11) is 1.48. The molecular weight excluding hydrogens is 450 g/mol. The van der Waals surface area contributed by atoms with Crippen LogP contribution in [0.3, 0.4) is 0 Å². The van der Waals surface area contributed by atoms with Crippen molar-refractivity contribution in [1.82, 2.24) is 9.97 Å². The van der Waals surface area contributed by atoms with Gasteiger partial charge in [0.2, 0.25) is 5.91 Å². The fourth-order valence-electron chi connectivity index (χ4n) is 2.34. The van der Waals surface area contributed by atoms with Crippen molar-refractivity contribution in [2.75, 3.05) is 29.2 Å². The Morgan fingerprint density at radius 3 is 2.80 bits per heavy atom. The molecule has 0 spiro atoms. The topological polar surface area (TPSA) is 139 Å². The molecule has 30 heavy (non-hydrogen) atoms. The number of thioether (sulfide) groups is 1. The molecule has 0 fully saturated rings.